The minimum absolute atomic E-state index is 0.0657. The van der Waals surface area contributed by atoms with E-state index in [1.807, 2.05) is 13.1 Å². The molecule has 3 nitrogen and oxygen atoms in total. The molecule has 0 aliphatic heterocycles. The van der Waals surface area contributed by atoms with Crippen LogP contribution in [-0.4, -0.2) is 25.4 Å². The minimum Gasteiger partial charge on any atom is -0.491 e. The highest BCUT2D eigenvalue weighted by Crippen LogP contribution is 2.33. The molecule has 1 aromatic carbocycles. The number of nitrogens with one attached hydrogen (secondary N) is 1. The lowest BCUT2D eigenvalue weighted by atomic mass is 10.1. The van der Waals surface area contributed by atoms with E-state index in [1.54, 1.807) is 0 Å². The number of fused-ring (bicyclic) bond motifs is 1. The van der Waals surface area contributed by atoms with E-state index in [2.05, 4.69) is 17.4 Å². The average Bonchev–Trinajstić information content (AvgIpc) is 2.68. The zero-order valence-corrected chi connectivity index (χ0v) is 8.99. The van der Waals surface area contributed by atoms with Crippen LogP contribution < -0.4 is 10.1 Å². The molecule has 2 rings (SSSR count). The first-order valence-corrected chi connectivity index (χ1v) is 5.39. The summed E-state index contributed by atoms with van der Waals surface area (Å²) < 4.78 is 5.38. The van der Waals surface area contributed by atoms with Crippen molar-refractivity contribution < 1.29 is 9.84 Å². The number of aliphatic hydroxyl groups is 1. The number of benzene rings is 1. The van der Waals surface area contributed by atoms with Crippen molar-refractivity contribution in [3.05, 3.63) is 29.3 Å². The van der Waals surface area contributed by atoms with Gasteiger partial charge in [-0.15, -0.1) is 0 Å². The summed E-state index contributed by atoms with van der Waals surface area (Å²) in [4.78, 5) is 0. The van der Waals surface area contributed by atoms with E-state index in [1.165, 1.54) is 11.1 Å². The van der Waals surface area contributed by atoms with Gasteiger partial charge in [-0.1, -0.05) is 6.07 Å². The Morgan fingerprint density at radius 1 is 1.53 bits per heavy atom. The third-order valence-corrected chi connectivity index (χ3v) is 2.90. The fourth-order valence-corrected chi connectivity index (χ4v) is 2.15. The van der Waals surface area contributed by atoms with E-state index >= 15 is 0 Å². The topological polar surface area (TPSA) is 41.5 Å². The SMILES string of the molecule is CNC1CCc2cc(OCCO)ccc21. The van der Waals surface area contributed by atoms with Gasteiger partial charge < -0.3 is 15.2 Å². The molecule has 0 radical (unpaired) electrons. The molecule has 0 amide bonds. The molecule has 1 unspecified atom stereocenters. The van der Waals surface area contributed by atoms with Crippen LogP contribution in [0.15, 0.2) is 18.2 Å². The summed E-state index contributed by atoms with van der Waals surface area (Å²) in [5.41, 5.74) is 2.75. The Kier molecular flexibility index (Phi) is 3.23. The van der Waals surface area contributed by atoms with Crippen molar-refractivity contribution in [2.24, 2.45) is 0 Å². The second-order valence-corrected chi connectivity index (χ2v) is 3.81. The third-order valence-electron chi connectivity index (χ3n) is 2.90. The minimum atomic E-state index is 0.0657. The van der Waals surface area contributed by atoms with E-state index in [4.69, 9.17) is 9.84 Å². The molecule has 2 N–H and O–H groups in total. The van der Waals surface area contributed by atoms with Gasteiger partial charge >= 0.3 is 0 Å². The fraction of sp³-hybridized carbons (Fsp3) is 0.500. The molecule has 1 atom stereocenters. The predicted molar refractivity (Wildman–Crippen MR) is 59.1 cm³/mol. The first kappa shape index (κ1) is 10.5. The Morgan fingerprint density at radius 2 is 2.40 bits per heavy atom. The molecule has 1 aromatic rings. The zero-order valence-electron chi connectivity index (χ0n) is 8.99. The molecule has 15 heavy (non-hydrogen) atoms. The van der Waals surface area contributed by atoms with E-state index in [9.17, 15) is 0 Å². The van der Waals surface area contributed by atoms with Crippen LogP contribution in [0, 0.1) is 0 Å². The molecule has 0 saturated heterocycles. The second-order valence-electron chi connectivity index (χ2n) is 3.81. The monoisotopic (exact) mass is 207 g/mol. The van der Waals surface area contributed by atoms with Gasteiger partial charge in [-0.2, -0.15) is 0 Å². The normalized spacial score (nSPS) is 18.9. The third kappa shape index (κ3) is 2.13. The molecule has 1 aliphatic rings. The number of aryl methyl sites for hydroxylation is 1. The largest absolute Gasteiger partial charge is 0.491 e. The van der Waals surface area contributed by atoms with E-state index in [-0.39, 0.29) is 6.61 Å². The lowest BCUT2D eigenvalue weighted by Gasteiger charge is -2.11. The quantitative estimate of drug-likeness (QED) is 0.781. The van der Waals surface area contributed by atoms with Gasteiger partial charge in [0, 0.05) is 6.04 Å². The standard InChI is InChI=1S/C12H17NO2/c1-13-12-5-2-9-8-10(15-7-6-14)3-4-11(9)12/h3-4,8,12-14H,2,5-7H2,1H3. The Morgan fingerprint density at radius 3 is 3.13 bits per heavy atom. The summed E-state index contributed by atoms with van der Waals surface area (Å²) in [5.74, 6) is 0.861. The lowest BCUT2D eigenvalue weighted by molar-refractivity contribution is 0.201. The average molecular weight is 207 g/mol. The van der Waals surface area contributed by atoms with E-state index in [0.29, 0.717) is 12.6 Å². The van der Waals surface area contributed by atoms with Crippen LogP contribution >= 0.6 is 0 Å². The smallest absolute Gasteiger partial charge is 0.119 e. The Balaban J connectivity index is 2.14. The molecule has 1 aliphatic carbocycles. The molecule has 0 heterocycles. The number of aliphatic hydroxyl groups excluding tert-OH is 1. The Bertz CT molecular complexity index is 338. The molecule has 0 saturated carbocycles. The van der Waals surface area contributed by atoms with Gasteiger partial charge in [-0.05, 0) is 43.1 Å². The summed E-state index contributed by atoms with van der Waals surface area (Å²) >= 11 is 0. The van der Waals surface area contributed by atoms with Crippen molar-refractivity contribution in [1.82, 2.24) is 5.32 Å². The summed E-state index contributed by atoms with van der Waals surface area (Å²) in [5, 5.41) is 12.0. The summed E-state index contributed by atoms with van der Waals surface area (Å²) in [6, 6.07) is 6.68. The van der Waals surface area contributed by atoms with Crippen molar-refractivity contribution in [1.29, 1.82) is 0 Å². The van der Waals surface area contributed by atoms with Crippen LogP contribution in [0.1, 0.15) is 23.6 Å². The number of hydrogen-bond donors (Lipinski definition) is 2. The van der Waals surface area contributed by atoms with Crippen molar-refractivity contribution in [2.75, 3.05) is 20.3 Å². The van der Waals surface area contributed by atoms with E-state index < -0.39 is 0 Å². The van der Waals surface area contributed by atoms with Crippen LogP contribution in [0.3, 0.4) is 0 Å². The molecule has 82 valence electrons. The fourth-order valence-electron chi connectivity index (χ4n) is 2.15. The van der Waals surface area contributed by atoms with Gasteiger partial charge in [0.25, 0.3) is 0 Å². The second kappa shape index (κ2) is 4.64. The van der Waals surface area contributed by atoms with Crippen LogP contribution in [0.5, 0.6) is 5.75 Å². The van der Waals surface area contributed by atoms with Crippen molar-refractivity contribution in [2.45, 2.75) is 18.9 Å². The number of ether oxygens (including phenoxy) is 1. The Hall–Kier alpha value is -1.06. The summed E-state index contributed by atoms with van der Waals surface area (Å²) in [6.45, 7) is 0.435. The van der Waals surface area contributed by atoms with Gasteiger partial charge in [0.2, 0.25) is 0 Å². The van der Waals surface area contributed by atoms with E-state index in [0.717, 1.165) is 18.6 Å². The van der Waals surface area contributed by atoms with Gasteiger partial charge in [0.1, 0.15) is 12.4 Å². The van der Waals surface area contributed by atoms with Crippen molar-refractivity contribution >= 4 is 0 Å². The number of rotatable bonds is 4. The van der Waals surface area contributed by atoms with Crippen LogP contribution in [0.25, 0.3) is 0 Å². The molecule has 0 aromatic heterocycles. The molecule has 0 bridgehead atoms. The summed E-state index contributed by atoms with van der Waals surface area (Å²) in [6.07, 6.45) is 2.27. The van der Waals surface area contributed by atoms with Gasteiger partial charge in [0.05, 0.1) is 6.61 Å². The van der Waals surface area contributed by atoms with Crippen LogP contribution in [-0.2, 0) is 6.42 Å². The first-order valence-electron chi connectivity index (χ1n) is 5.39. The number of hydrogen-bond acceptors (Lipinski definition) is 3. The van der Waals surface area contributed by atoms with Crippen LogP contribution in [0.2, 0.25) is 0 Å². The Labute approximate surface area is 90.1 Å². The zero-order chi connectivity index (χ0) is 10.7. The first-order chi connectivity index (χ1) is 7.35. The van der Waals surface area contributed by atoms with Crippen molar-refractivity contribution in [3.8, 4) is 5.75 Å². The van der Waals surface area contributed by atoms with Gasteiger partial charge in [0.15, 0.2) is 0 Å². The molecule has 0 spiro atoms. The predicted octanol–water partition coefficient (Wildman–Crippen LogP) is 1.26. The maximum atomic E-state index is 8.67. The van der Waals surface area contributed by atoms with Gasteiger partial charge in [-0.3, -0.25) is 0 Å². The lowest BCUT2D eigenvalue weighted by Crippen LogP contribution is -2.12. The van der Waals surface area contributed by atoms with Crippen LogP contribution in [0.4, 0.5) is 0 Å². The molecular formula is C12H17NO2. The highest BCUT2D eigenvalue weighted by molar-refractivity contribution is 5.40. The molecular weight excluding hydrogens is 190 g/mol. The highest BCUT2D eigenvalue weighted by Gasteiger charge is 2.20. The summed E-state index contributed by atoms with van der Waals surface area (Å²) in [7, 11) is 2.00. The highest BCUT2D eigenvalue weighted by atomic mass is 16.5. The van der Waals surface area contributed by atoms with Gasteiger partial charge in [-0.25, -0.2) is 0 Å². The maximum Gasteiger partial charge on any atom is 0.119 e. The molecule has 3 heteroatoms. The maximum absolute atomic E-state index is 8.67. The molecule has 0 fully saturated rings. The van der Waals surface area contributed by atoms with Crippen molar-refractivity contribution in [3.63, 3.8) is 0 Å².